The molecule has 0 aromatic carbocycles. The fourth-order valence-electron chi connectivity index (χ4n) is 2.52. The van der Waals surface area contributed by atoms with Crippen LogP contribution in [0.4, 0.5) is 0 Å². The molecular weight excluding hydrogens is 557 g/mol. The van der Waals surface area contributed by atoms with Crippen molar-refractivity contribution in [3.63, 3.8) is 0 Å². The first kappa shape index (κ1) is 28.4. The third-order valence-electron chi connectivity index (χ3n) is 4.26. The fraction of sp³-hybridized carbons (Fsp3) is 0.722. The number of hydrogen-bond donors (Lipinski definition) is 2. The van der Waals surface area contributed by atoms with Gasteiger partial charge >= 0.3 is 5.97 Å². The summed E-state index contributed by atoms with van der Waals surface area (Å²) in [5.41, 5.74) is 0. The number of nitrogens with zero attached hydrogens (tertiary/aromatic N) is 3. The van der Waals surface area contributed by atoms with E-state index in [4.69, 9.17) is 4.84 Å². The van der Waals surface area contributed by atoms with Gasteiger partial charge in [0.15, 0.2) is 0 Å². The van der Waals surface area contributed by atoms with Gasteiger partial charge in [0.25, 0.3) is 11.8 Å². The molecule has 1 unspecified atom stereocenters. The predicted molar refractivity (Wildman–Crippen MR) is 124 cm³/mol. The van der Waals surface area contributed by atoms with Gasteiger partial charge in [-0.15, -0.1) is 5.06 Å². The quantitative estimate of drug-likeness (QED) is 0.142. The summed E-state index contributed by atoms with van der Waals surface area (Å²) in [5, 5.41) is 5.55. The molecule has 0 radical (unpaired) electrons. The van der Waals surface area contributed by atoms with Gasteiger partial charge in [0, 0.05) is 78.3 Å². The molecule has 1 aliphatic rings. The molecule has 1 aliphatic heterocycles. The van der Waals surface area contributed by atoms with Gasteiger partial charge in [-0.2, -0.15) is 0 Å². The molecule has 12 nitrogen and oxygen atoms in total. The van der Waals surface area contributed by atoms with Crippen LogP contribution in [0.5, 0.6) is 0 Å². The lowest BCUT2D eigenvalue weighted by Crippen LogP contribution is -2.46. The highest BCUT2D eigenvalue weighted by Gasteiger charge is 2.35. The molecule has 0 spiro atoms. The summed E-state index contributed by atoms with van der Waals surface area (Å²) in [7, 11) is 3.91. The van der Waals surface area contributed by atoms with Gasteiger partial charge in [-0.05, 0) is 27.6 Å². The van der Waals surface area contributed by atoms with Crippen molar-refractivity contribution in [2.75, 3.05) is 52.3 Å². The molecule has 2 atom stereocenters. The predicted octanol–water partition coefficient (Wildman–Crippen LogP) is -1.43. The normalized spacial score (nSPS) is 15.8. The Morgan fingerprint density at radius 3 is 2.31 bits per heavy atom. The molecule has 0 saturated carbocycles. The Bertz CT molecular complexity index is 719. The molecule has 0 aromatic rings. The van der Waals surface area contributed by atoms with E-state index in [1.54, 1.807) is 10.2 Å². The molecule has 1 heterocycles. The molecular formula is C18H30IN5O7S. The molecule has 32 heavy (non-hydrogen) atoms. The maximum atomic E-state index is 12.5. The molecule has 0 aromatic heterocycles. The molecule has 0 bridgehead atoms. The minimum Gasteiger partial charge on any atom is -0.354 e. The van der Waals surface area contributed by atoms with Gasteiger partial charge < -0.3 is 20.4 Å². The maximum absolute atomic E-state index is 12.5. The van der Waals surface area contributed by atoms with Gasteiger partial charge in [0.2, 0.25) is 11.8 Å². The van der Waals surface area contributed by atoms with E-state index in [1.807, 2.05) is 41.9 Å². The van der Waals surface area contributed by atoms with E-state index in [0.717, 1.165) is 0 Å². The summed E-state index contributed by atoms with van der Waals surface area (Å²) in [4.78, 5) is 66.8. The molecule has 182 valence electrons. The second-order valence-corrected chi connectivity index (χ2v) is 10.6. The minimum atomic E-state index is -1.59. The smallest absolute Gasteiger partial charge is 0.354 e. The highest BCUT2D eigenvalue weighted by atomic mass is 127. The number of nitrogens with one attached hydrogen (secondary N) is 2. The molecule has 4 amide bonds. The Balaban J connectivity index is 2.65. The molecule has 1 fully saturated rings. The van der Waals surface area contributed by atoms with E-state index in [0.29, 0.717) is 24.7 Å². The van der Waals surface area contributed by atoms with Crippen molar-refractivity contribution in [2.45, 2.75) is 31.7 Å². The van der Waals surface area contributed by atoms with Crippen molar-refractivity contribution in [3.8, 4) is 0 Å². The largest absolute Gasteiger partial charge is 0.355 e. The van der Waals surface area contributed by atoms with Crippen LogP contribution in [0.2, 0.25) is 0 Å². The lowest BCUT2D eigenvalue weighted by Gasteiger charge is -2.20. The highest BCUT2D eigenvalue weighted by molar-refractivity contribution is 14.1. The number of likely N-dealkylation sites (N-methyl/N-ethyl adjacent to an activating group) is 1. The minimum absolute atomic E-state index is 0.0575. The highest BCUT2D eigenvalue weighted by Crippen LogP contribution is 2.13. The van der Waals surface area contributed by atoms with Gasteiger partial charge in [-0.1, -0.05) is 0 Å². The summed E-state index contributed by atoms with van der Waals surface area (Å²) >= 11 is 2.01. The van der Waals surface area contributed by atoms with Crippen LogP contribution in [0.1, 0.15) is 25.7 Å². The van der Waals surface area contributed by atoms with E-state index in [1.165, 1.54) is 0 Å². The number of amides is 4. The van der Waals surface area contributed by atoms with Crippen LogP contribution < -0.4 is 10.6 Å². The van der Waals surface area contributed by atoms with Crippen LogP contribution in [-0.2, 0) is 39.6 Å². The van der Waals surface area contributed by atoms with Crippen molar-refractivity contribution in [3.05, 3.63) is 0 Å². The molecule has 1 rings (SSSR count). The third kappa shape index (κ3) is 11.3. The standard InChI is InChI=1S/C18H30IN5O7S/c1-22(2)10-8-20-15(26)12-32(30)11-7-13(21-14(25)6-9-23(3)19)18(29)31-24-16(27)4-5-17(24)28/h13H,4-12H2,1-3H3,(H,20,26)(H,21,25)/t13-,32?/m0/s1. The number of hydroxylamine groups is 2. The first-order chi connectivity index (χ1) is 15.0. The number of carbonyl (C=O) groups excluding carboxylic acids is 5. The zero-order chi connectivity index (χ0) is 24.3. The van der Waals surface area contributed by atoms with Crippen LogP contribution in [0.3, 0.4) is 0 Å². The Labute approximate surface area is 203 Å². The van der Waals surface area contributed by atoms with Gasteiger partial charge in [-0.25, -0.2) is 4.79 Å². The average Bonchev–Trinajstić information content (AvgIpc) is 3.01. The van der Waals surface area contributed by atoms with Gasteiger partial charge in [0.1, 0.15) is 11.8 Å². The number of halogens is 1. The Morgan fingerprint density at radius 1 is 1.12 bits per heavy atom. The molecule has 14 heteroatoms. The van der Waals surface area contributed by atoms with E-state index < -0.39 is 40.5 Å². The first-order valence-electron chi connectivity index (χ1n) is 10.00. The maximum Gasteiger partial charge on any atom is 0.355 e. The van der Waals surface area contributed by atoms with Crippen molar-refractivity contribution in [2.24, 2.45) is 0 Å². The van der Waals surface area contributed by atoms with Crippen LogP contribution in [0.15, 0.2) is 0 Å². The lowest BCUT2D eigenvalue weighted by atomic mass is 10.2. The summed E-state index contributed by atoms with van der Waals surface area (Å²) in [6, 6.07) is -1.22. The Hall–Kier alpha value is -1.65. The zero-order valence-corrected chi connectivity index (χ0v) is 21.4. The number of rotatable bonds is 14. The summed E-state index contributed by atoms with van der Waals surface area (Å²) < 4.78 is 14.0. The van der Waals surface area contributed by atoms with E-state index in [9.17, 15) is 28.2 Å². The first-order valence-corrected chi connectivity index (χ1v) is 12.4. The fourth-order valence-corrected chi connectivity index (χ4v) is 3.80. The topological polar surface area (TPSA) is 145 Å². The van der Waals surface area contributed by atoms with E-state index in [2.05, 4.69) is 10.6 Å². The van der Waals surface area contributed by atoms with Gasteiger partial charge in [0.05, 0.1) is 0 Å². The van der Waals surface area contributed by atoms with E-state index >= 15 is 0 Å². The Morgan fingerprint density at radius 2 is 1.75 bits per heavy atom. The van der Waals surface area contributed by atoms with Crippen molar-refractivity contribution in [1.82, 2.24) is 23.7 Å². The monoisotopic (exact) mass is 587 g/mol. The van der Waals surface area contributed by atoms with Crippen molar-refractivity contribution in [1.29, 1.82) is 0 Å². The third-order valence-corrected chi connectivity index (χ3v) is 6.02. The van der Waals surface area contributed by atoms with Crippen LogP contribution in [-0.4, -0.2) is 105 Å². The second-order valence-electron chi connectivity index (χ2n) is 7.42. The van der Waals surface area contributed by atoms with Crippen molar-refractivity contribution < 1.29 is 33.0 Å². The number of imide groups is 1. The molecule has 2 N–H and O–H groups in total. The van der Waals surface area contributed by atoms with Crippen LogP contribution in [0, 0.1) is 0 Å². The SMILES string of the molecule is CN(C)CCNC(=O)CS(=O)CC[C@H](NC(=O)CCN(C)I)C(=O)ON1C(=O)CCC1=O. The van der Waals surface area contributed by atoms with Crippen LogP contribution >= 0.6 is 22.9 Å². The Kier molecular flexibility index (Phi) is 12.9. The van der Waals surface area contributed by atoms with Crippen molar-refractivity contribution >= 4 is 63.3 Å². The van der Waals surface area contributed by atoms with Gasteiger partial charge in [-0.3, -0.25) is 26.5 Å². The summed E-state index contributed by atoms with van der Waals surface area (Å²) in [6.07, 6.45) is -0.100. The number of hydrogen-bond acceptors (Lipinski definition) is 9. The van der Waals surface area contributed by atoms with Crippen LogP contribution in [0.25, 0.3) is 0 Å². The zero-order valence-electron chi connectivity index (χ0n) is 18.4. The number of carbonyl (C=O) groups is 5. The summed E-state index contributed by atoms with van der Waals surface area (Å²) in [6.45, 7) is 1.48. The second kappa shape index (κ2) is 14.5. The molecule has 0 aliphatic carbocycles. The lowest BCUT2D eigenvalue weighted by molar-refractivity contribution is -0.199. The van der Waals surface area contributed by atoms with E-state index in [-0.39, 0.29) is 43.1 Å². The average molecular weight is 587 g/mol. The summed E-state index contributed by atoms with van der Waals surface area (Å²) in [5.74, 6) is -3.41. The molecule has 1 saturated heterocycles.